The number of carboxylic acid groups (broad SMARTS) is 1. The maximum absolute atomic E-state index is 11.6. The van der Waals surface area contributed by atoms with E-state index >= 15 is 0 Å². The summed E-state index contributed by atoms with van der Waals surface area (Å²) in [7, 11) is 0. The van der Waals surface area contributed by atoms with Crippen molar-refractivity contribution < 1.29 is 15.0 Å². The molecule has 1 radical (unpaired) electrons. The van der Waals surface area contributed by atoms with Crippen LogP contribution in [0.4, 0.5) is 0 Å². The summed E-state index contributed by atoms with van der Waals surface area (Å²) >= 11 is 0. The molecule has 16 heavy (non-hydrogen) atoms. The molecule has 3 heteroatoms. The second-order valence-corrected chi connectivity index (χ2v) is 6.86. The Hall–Kier alpha value is -0.570. The molecule has 0 amide bonds. The van der Waals surface area contributed by atoms with Gasteiger partial charge in [0.2, 0.25) is 0 Å². The van der Waals surface area contributed by atoms with Gasteiger partial charge in [0.25, 0.3) is 0 Å². The Morgan fingerprint density at radius 2 is 2.00 bits per heavy atom. The number of carboxylic acids is 1. The van der Waals surface area contributed by atoms with Crippen molar-refractivity contribution in [2.75, 3.05) is 6.61 Å². The van der Waals surface area contributed by atoms with Gasteiger partial charge in [-0.3, -0.25) is 4.79 Å². The summed E-state index contributed by atoms with van der Waals surface area (Å²) in [6.45, 7) is 2.35. The first-order valence-corrected chi connectivity index (χ1v) is 6.09. The maximum atomic E-state index is 11.6. The second-order valence-electron chi connectivity index (χ2n) is 6.86. The third kappa shape index (κ3) is 1.21. The molecule has 0 aliphatic heterocycles. The van der Waals surface area contributed by atoms with Crippen molar-refractivity contribution in [3.8, 4) is 0 Å². The van der Waals surface area contributed by atoms with E-state index in [4.69, 9.17) is 0 Å². The van der Waals surface area contributed by atoms with Crippen LogP contribution < -0.4 is 0 Å². The van der Waals surface area contributed by atoms with Gasteiger partial charge < -0.3 is 10.2 Å². The van der Waals surface area contributed by atoms with Crippen LogP contribution in [0.15, 0.2) is 0 Å². The van der Waals surface area contributed by atoms with Crippen LogP contribution in [0.5, 0.6) is 0 Å². The average Bonchev–Trinajstić information content (AvgIpc) is 2.13. The molecule has 0 aromatic carbocycles. The van der Waals surface area contributed by atoms with Gasteiger partial charge in [0.05, 0.1) is 5.41 Å². The highest BCUT2D eigenvalue weighted by Gasteiger charge is 2.64. The molecule has 0 heterocycles. The summed E-state index contributed by atoms with van der Waals surface area (Å²) in [6, 6.07) is 0. The largest absolute Gasteiger partial charge is 0.481 e. The van der Waals surface area contributed by atoms with Gasteiger partial charge in [-0.25, -0.2) is 0 Å². The molecule has 3 unspecified atom stereocenters. The Morgan fingerprint density at radius 1 is 1.25 bits per heavy atom. The zero-order chi connectivity index (χ0) is 11.6. The molecule has 0 aromatic rings. The number of aliphatic hydroxyl groups is 1. The predicted octanol–water partition coefficient (Wildman–Crippen LogP) is 2.00. The monoisotopic (exact) mass is 223 g/mol. The van der Waals surface area contributed by atoms with Crippen LogP contribution in [0.25, 0.3) is 0 Å². The van der Waals surface area contributed by atoms with Crippen LogP contribution in [-0.4, -0.2) is 22.8 Å². The molecule has 4 aliphatic carbocycles. The van der Waals surface area contributed by atoms with Crippen molar-refractivity contribution >= 4 is 5.97 Å². The molecule has 3 nitrogen and oxygen atoms in total. The zero-order valence-corrected chi connectivity index (χ0v) is 9.75. The molecule has 0 aromatic heterocycles. The van der Waals surface area contributed by atoms with Crippen molar-refractivity contribution in [1.29, 1.82) is 0 Å². The third-order valence-electron chi connectivity index (χ3n) is 4.96. The van der Waals surface area contributed by atoms with Gasteiger partial charge in [-0.2, -0.15) is 0 Å². The van der Waals surface area contributed by atoms with Gasteiger partial charge in [-0.05, 0) is 55.3 Å². The molecule has 3 atom stereocenters. The van der Waals surface area contributed by atoms with E-state index in [1.165, 1.54) is 5.92 Å². The highest BCUT2D eigenvalue weighted by molar-refractivity contribution is 5.76. The summed E-state index contributed by atoms with van der Waals surface area (Å²) in [4.78, 5) is 11.6. The predicted molar refractivity (Wildman–Crippen MR) is 58.6 cm³/mol. The van der Waals surface area contributed by atoms with Crippen molar-refractivity contribution in [2.45, 2.75) is 45.4 Å². The van der Waals surface area contributed by atoms with Gasteiger partial charge in [-0.1, -0.05) is 6.92 Å². The van der Waals surface area contributed by atoms with Crippen LogP contribution in [-0.2, 0) is 4.79 Å². The molecule has 4 aliphatic rings. The van der Waals surface area contributed by atoms with E-state index in [0.717, 1.165) is 32.1 Å². The first-order chi connectivity index (χ1) is 7.41. The van der Waals surface area contributed by atoms with Crippen LogP contribution >= 0.6 is 0 Å². The summed E-state index contributed by atoms with van der Waals surface area (Å²) in [5.74, 6) is 0.746. The minimum absolute atomic E-state index is 0.114. The molecule has 4 saturated carbocycles. The van der Waals surface area contributed by atoms with E-state index in [9.17, 15) is 15.0 Å². The Kier molecular flexibility index (Phi) is 1.86. The Labute approximate surface area is 95.9 Å². The van der Waals surface area contributed by atoms with Crippen molar-refractivity contribution in [3.05, 3.63) is 5.92 Å². The molecule has 4 rings (SSSR count). The van der Waals surface area contributed by atoms with Crippen LogP contribution in [0.1, 0.15) is 45.4 Å². The van der Waals surface area contributed by atoms with Crippen LogP contribution in [0.2, 0.25) is 0 Å². The lowest BCUT2D eigenvalue weighted by Gasteiger charge is -2.64. The smallest absolute Gasteiger partial charge is 0.309 e. The fraction of sp³-hybridized carbons (Fsp3) is 0.846. The number of hydrogen-bond acceptors (Lipinski definition) is 2. The van der Waals surface area contributed by atoms with Crippen LogP contribution in [0.3, 0.4) is 0 Å². The SMILES string of the molecule is CC12C[C]3CC(CO)(C1)CC(C(=O)O)(C3)C2. The molecule has 0 saturated heterocycles. The van der Waals surface area contributed by atoms with Crippen molar-refractivity contribution in [1.82, 2.24) is 0 Å². The lowest BCUT2D eigenvalue weighted by Crippen LogP contribution is -2.59. The van der Waals surface area contributed by atoms with E-state index in [2.05, 4.69) is 6.92 Å². The Bertz CT molecular complexity index is 353. The van der Waals surface area contributed by atoms with Gasteiger partial charge >= 0.3 is 5.97 Å². The van der Waals surface area contributed by atoms with Gasteiger partial charge in [0.1, 0.15) is 0 Å². The zero-order valence-electron chi connectivity index (χ0n) is 9.75. The van der Waals surface area contributed by atoms with Crippen molar-refractivity contribution in [3.63, 3.8) is 0 Å². The van der Waals surface area contributed by atoms with E-state index in [1.54, 1.807) is 0 Å². The summed E-state index contributed by atoms with van der Waals surface area (Å²) in [5, 5.41) is 19.1. The van der Waals surface area contributed by atoms with Crippen molar-refractivity contribution in [2.24, 2.45) is 16.2 Å². The third-order valence-corrected chi connectivity index (χ3v) is 4.96. The van der Waals surface area contributed by atoms with E-state index < -0.39 is 11.4 Å². The van der Waals surface area contributed by atoms with Crippen LogP contribution in [0, 0.1) is 22.2 Å². The molecular formula is C13H19O3. The van der Waals surface area contributed by atoms with E-state index in [-0.39, 0.29) is 17.4 Å². The molecular weight excluding hydrogens is 204 g/mol. The number of aliphatic carboxylic acids is 1. The molecule has 4 bridgehead atoms. The summed E-state index contributed by atoms with van der Waals surface area (Å²) < 4.78 is 0. The second kappa shape index (κ2) is 2.81. The normalized spacial score (nSPS) is 50.9. The number of rotatable bonds is 2. The quantitative estimate of drug-likeness (QED) is 0.752. The number of hydrogen-bond donors (Lipinski definition) is 2. The highest BCUT2D eigenvalue weighted by Crippen LogP contribution is 2.70. The lowest BCUT2D eigenvalue weighted by molar-refractivity contribution is -0.176. The fourth-order valence-electron chi connectivity index (χ4n) is 5.20. The minimum Gasteiger partial charge on any atom is -0.481 e. The highest BCUT2D eigenvalue weighted by atomic mass is 16.4. The number of aliphatic hydroxyl groups excluding tert-OH is 1. The Balaban J connectivity index is 2.04. The molecule has 0 spiro atoms. The standard InChI is InChI=1S/C13H19O3/c1-11-2-9-3-12(5-11,8-14)7-13(4-9,6-11)10(15)16/h14H,2-8H2,1H3,(H,15,16). The maximum Gasteiger partial charge on any atom is 0.309 e. The first kappa shape index (κ1) is 10.6. The molecule has 89 valence electrons. The van der Waals surface area contributed by atoms with Gasteiger partial charge in [0, 0.05) is 6.61 Å². The topological polar surface area (TPSA) is 57.5 Å². The lowest BCUT2D eigenvalue weighted by atomic mass is 9.40. The molecule has 4 fully saturated rings. The average molecular weight is 223 g/mol. The summed E-state index contributed by atoms with van der Waals surface area (Å²) in [5.41, 5.74) is -0.538. The summed E-state index contributed by atoms with van der Waals surface area (Å²) in [6.07, 6.45) is 5.32. The van der Waals surface area contributed by atoms with E-state index in [0.29, 0.717) is 6.42 Å². The van der Waals surface area contributed by atoms with Gasteiger partial charge in [0.15, 0.2) is 0 Å². The van der Waals surface area contributed by atoms with E-state index in [1.807, 2.05) is 0 Å². The fourth-order valence-corrected chi connectivity index (χ4v) is 5.20. The Morgan fingerprint density at radius 3 is 2.56 bits per heavy atom. The molecule has 2 N–H and O–H groups in total. The first-order valence-electron chi connectivity index (χ1n) is 6.09. The van der Waals surface area contributed by atoms with Gasteiger partial charge in [-0.15, -0.1) is 0 Å². The number of carbonyl (C=O) groups is 1. The minimum atomic E-state index is -0.645.